The predicted molar refractivity (Wildman–Crippen MR) is 82.1 cm³/mol. The average Bonchev–Trinajstić information content (AvgIpc) is 2.48. The number of hydrogen-bond donors (Lipinski definition) is 2. The van der Waals surface area contributed by atoms with Gasteiger partial charge in [-0.2, -0.15) is 5.10 Å². The molecule has 2 rings (SSSR count). The van der Waals surface area contributed by atoms with Gasteiger partial charge in [0.25, 0.3) is 11.5 Å². The fourth-order valence-electron chi connectivity index (χ4n) is 3.04. The van der Waals surface area contributed by atoms with E-state index in [4.69, 9.17) is 0 Å². The summed E-state index contributed by atoms with van der Waals surface area (Å²) in [5.74, 6) is 0.534. The molecule has 21 heavy (non-hydrogen) atoms. The number of carbonyl (C=O) groups is 1. The lowest BCUT2D eigenvalue weighted by Gasteiger charge is -2.39. The highest BCUT2D eigenvalue weighted by Crippen LogP contribution is 2.40. The summed E-state index contributed by atoms with van der Waals surface area (Å²) >= 11 is 0. The molecule has 0 spiro atoms. The van der Waals surface area contributed by atoms with Crippen LogP contribution in [-0.4, -0.2) is 22.1 Å². The van der Waals surface area contributed by atoms with Gasteiger partial charge >= 0.3 is 0 Å². The number of aromatic nitrogens is 2. The number of rotatable bonds is 4. The van der Waals surface area contributed by atoms with Crippen LogP contribution in [0, 0.1) is 11.3 Å². The molecular weight excluding hydrogens is 266 g/mol. The van der Waals surface area contributed by atoms with Crippen LogP contribution in [0.3, 0.4) is 0 Å². The summed E-state index contributed by atoms with van der Waals surface area (Å²) in [6.07, 6.45) is 5.54. The summed E-state index contributed by atoms with van der Waals surface area (Å²) in [5, 5.41) is 9.07. The zero-order chi connectivity index (χ0) is 15.5. The van der Waals surface area contributed by atoms with E-state index in [2.05, 4.69) is 36.3 Å². The van der Waals surface area contributed by atoms with Crippen molar-refractivity contribution in [3.05, 3.63) is 28.2 Å². The third kappa shape index (κ3) is 3.93. The lowest BCUT2D eigenvalue weighted by atomic mass is 9.69. The molecule has 1 amide bonds. The van der Waals surface area contributed by atoms with E-state index < -0.39 is 0 Å². The first-order chi connectivity index (χ1) is 9.92. The smallest absolute Gasteiger partial charge is 0.271 e. The van der Waals surface area contributed by atoms with Crippen molar-refractivity contribution in [3.8, 4) is 0 Å². The minimum absolute atomic E-state index is 0.204. The Labute approximate surface area is 125 Å². The van der Waals surface area contributed by atoms with Crippen LogP contribution < -0.4 is 10.9 Å². The summed E-state index contributed by atoms with van der Waals surface area (Å²) in [6.45, 7) is 6.91. The summed E-state index contributed by atoms with van der Waals surface area (Å²) in [7, 11) is 0. The zero-order valence-electron chi connectivity index (χ0n) is 13.1. The van der Waals surface area contributed by atoms with Crippen molar-refractivity contribution in [2.45, 2.75) is 58.9 Å². The quantitative estimate of drug-likeness (QED) is 0.895. The number of H-pyrrole nitrogens is 1. The van der Waals surface area contributed by atoms with Crippen LogP contribution in [0.5, 0.6) is 0 Å². The predicted octanol–water partition coefficient (Wildman–Crippen LogP) is 2.49. The van der Waals surface area contributed by atoms with Gasteiger partial charge in [-0.25, -0.2) is 5.10 Å². The molecule has 1 aliphatic carbocycles. The number of carbonyl (C=O) groups excluding carboxylic acids is 1. The highest BCUT2D eigenvalue weighted by Gasteiger charge is 2.32. The molecule has 1 aromatic rings. The van der Waals surface area contributed by atoms with E-state index in [9.17, 15) is 9.59 Å². The van der Waals surface area contributed by atoms with Gasteiger partial charge in [0.2, 0.25) is 0 Å². The van der Waals surface area contributed by atoms with Crippen molar-refractivity contribution in [1.82, 2.24) is 15.5 Å². The molecule has 5 nitrogen and oxygen atoms in total. The molecule has 0 saturated heterocycles. The maximum atomic E-state index is 12.1. The molecule has 1 aliphatic rings. The Morgan fingerprint density at radius 2 is 2.00 bits per heavy atom. The first-order valence-electron chi connectivity index (χ1n) is 7.79. The van der Waals surface area contributed by atoms with Crippen LogP contribution in [-0.2, 0) is 0 Å². The van der Waals surface area contributed by atoms with Crippen LogP contribution in [0.4, 0.5) is 0 Å². The van der Waals surface area contributed by atoms with Crippen molar-refractivity contribution >= 4 is 5.91 Å². The van der Waals surface area contributed by atoms with E-state index in [1.54, 1.807) is 0 Å². The van der Waals surface area contributed by atoms with Crippen LogP contribution in [0.1, 0.15) is 63.4 Å². The molecule has 1 saturated carbocycles. The molecule has 2 N–H and O–H groups in total. The van der Waals surface area contributed by atoms with Gasteiger partial charge in [-0.15, -0.1) is 0 Å². The van der Waals surface area contributed by atoms with Crippen LogP contribution in [0.2, 0.25) is 0 Å². The van der Waals surface area contributed by atoms with Gasteiger partial charge < -0.3 is 5.32 Å². The normalized spacial score (nSPS) is 22.8. The van der Waals surface area contributed by atoms with Crippen molar-refractivity contribution in [3.63, 3.8) is 0 Å². The van der Waals surface area contributed by atoms with Crippen LogP contribution >= 0.6 is 0 Å². The van der Waals surface area contributed by atoms with E-state index >= 15 is 0 Å². The molecular formula is C16H25N3O2. The highest BCUT2D eigenvalue weighted by molar-refractivity contribution is 5.92. The SMILES string of the molecule is CCC(C)(C)C1CCC(NC(=O)c2ccc(=O)[nH]n2)CC1. The zero-order valence-corrected chi connectivity index (χ0v) is 13.1. The minimum atomic E-state index is -0.297. The van der Waals surface area contributed by atoms with Crippen LogP contribution in [0.15, 0.2) is 16.9 Å². The molecule has 1 fully saturated rings. The second-order valence-corrected chi connectivity index (χ2v) is 6.67. The Hall–Kier alpha value is -1.65. The third-order valence-corrected chi connectivity index (χ3v) is 4.99. The third-order valence-electron chi connectivity index (χ3n) is 4.99. The number of aromatic amines is 1. The topological polar surface area (TPSA) is 74.8 Å². The molecule has 5 heteroatoms. The van der Waals surface area contributed by atoms with Crippen molar-refractivity contribution in [2.75, 3.05) is 0 Å². The van der Waals surface area contributed by atoms with E-state index in [1.165, 1.54) is 18.6 Å². The Morgan fingerprint density at radius 1 is 1.33 bits per heavy atom. The van der Waals surface area contributed by atoms with Crippen molar-refractivity contribution in [2.24, 2.45) is 11.3 Å². The molecule has 0 radical (unpaired) electrons. The molecule has 0 bridgehead atoms. The minimum Gasteiger partial charge on any atom is -0.348 e. The van der Waals surface area contributed by atoms with Gasteiger partial charge in [0, 0.05) is 12.1 Å². The maximum Gasteiger partial charge on any atom is 0.271 e. The van der Waals surface area contributed by atoms with Crippen molar-refractivity contribution < 1.29 is 4.79 Å². The largest absolute Gasteiger partial charge is 0.348 e. The van der Waals surface area contributed by atoms with Crippen LogP contribution in [0.25, 0.3) is 0 Å². The molecule has 116 valence electrons. The maximum absolute atomic E-state index is 12.1. The molecule has 0 atom stereocenters. The Kier molecular flexibility index (Phi) is 4.80. The number of nitrogens with one attached hydrogen (secondary N) is 2. The van der Waals surface area contributed by atoms with E-state index in [1.807, 2.05) is 0 Å². The fourth-order valence-corrected chi connectivity index (χ4v) is 3.04. The van der Waals surface area contributed by atoms with Gasteiger partial charge in [0.1, 0.15) is 5.69 Å². The molecule has 1 heterocycles. The Morgan fingerprint density at radius 3 is 2.52 bits per heavy atom. The number of hydrogen-bond acceptors (Lipinski definition) is 3. The second kappa shape index (κ2) is 6.41. The van der Waals surface area contributed by atoms with Gasteiger partial charge in [-0.3, -0.25) is 9.59 Å². The average molecular weight is 291 g/mol. The number of nitrogens with zero attached hydrogens (tertiary/aromatic N) is 1. The van der Waals surface area contributed by atoms with Gasteiger partial charge in [-0.1, -0.05) is 27.2 Å². The Bertz CT molecular complexity index is 522. The monoisotopic (exact) mass is 291 g/mol. The van der Waals surface area contributed by atoms with Gasteiger partial charge in [-0.05, 0) is 43.1 Å². The second-order valence-electron chi connectivity index (χ2n) is 6.67. The molecule has 0 aliphatic heterocycles. The summed E-state index contributed by atoms with van der Waals surface area (Å²) in [6, 6.07) is 3.00. The first kappa shape index (κ1) is 15.7. The highest BCUT2D eigenvalue weighted by atomic mass is 16.2. The van der Waals surface area contributed by atoms with Gasteiger partial charge in [0.15, 0.2) is 0 Å². The van der Waals surface area contributed by atoms with E-state index in [-0.39, 0.29) is 23.2 Å². The molecule has 0 aromatic carbocycles. The van der Waals surface area contributed by atoms with Crippen molar-refractivity contribution in [1.29, 1.82) is 0 Å². The molecule has 0 unspecified atom stereocenters. The first-order valence-corrected chi connectivity index (χ1v) is 7.79. The summed E-state index contributed by atoms with van der Waals surface area (Å²) < 4.78 is 0. The fraction of sp³-hybridized carbons (Fsp3) is 0.688. The standard InChI is InChI=1S/C16H25N3O2/c1-4-16(2,3)11-5-7-12(8-6-11)17-15(21)13-9-10-14(20)19-18-13/h9-12H,4-8H2,1-3H3,(H,17,21)(H,19,20). The lowest BCUT2D eigenvalue weighted by Crippen LogP contribution is -2.40. The lowest BCUT2D eigenvalue weighted by molar-refractivity contribution is 0.0887. The number of amides is 1. The van der Waals surface area contributed by atoms with E-state index in [0.717, 1.165) is 31.6 Å². The van der Waals surface area contributed by atoms with Gasteiger partial charge in [0.05, 0.1) is 0 Å². The summed E-state index contributed by atoms with van der Waals surface area (Å²) in [5.41, 5.74) is 0.356. The summed E-state index contributed by atoms with van der Waals surface area (Å²) in [4.78, 5) is 23.0. The molecule has 1 aromatic heterocycles. The van der Waals surface area contributed by atoms with E-state index in [0.29, 0.717) is 5.41 Å². The Balaban J connectivity index is 1.87.